The normalized spacial score (nSPS) is 12.9. The van der Waals surface area contributed by atoms with Crippen molar-refractivity contribution in [1.29, 1.82) is 0 Å². The van der Waals surface area contributed by atoms with Crippen molar-refractivity contribution < 1.29 is 38.0 Å². The molecule has 2 atom stereocenters. The van der Waals surface area contributed by atoms with E-state index >= 15 is 0 Å². The Labute approximate surface area is 213 Å². The van der Waals surface area contributed by atoms with Crippen LogP contribution in [0.25, 0.3) is 0 Å². The number of hydrogen-bond acceptors (Lipinski definition) is 8. The summed E-state index contributed by atoms with van der Waals surface area (Å²) >= 11 is 0. The summed E-state index contributed by atoms with van der Waals surface area (Å²) in [7, 11) is 6.30. The SMILES string of the molecule is COc1ccc(OC)c(C(c2cc(OC)ccc2OC)[C@H](C)OC(=O)[C@H](C)CC(=O)OC(C)(C)C)c1. The van der Waals surface area contributed by atoms with Crippen molar-refractivity contribution in [3.05, 3.63) is 47.5 Å². The maximum Gasteiger partial charge on any atom is 0.309 e. The van der Waals surface area contributed by atoms with Crippen molar-refractivity contribution in [1.82, 2.24) is 0 Å². The lowest BCUT2D eigenvalue weighted by Gasteiger charge is -2.29. The van der Waals surface area contributed by atoms with Gasteiger partial charge in [-0.2, -0.15) is 0 Å². The van der Waals surface area contributed by atoms with Gasteiger partial charge in [0, 0.05) is 11.1 Å². The molecule has 0 unspecified atom stereocenters. The predicted octanol–water partition coefficient (Wildman–Crippen LogP) is 5.15. The van der Waals surface area contributed by atoms with Gasteiger partial charge < -0.3 is 28.4 Å². The van der Waals surface area contributed by atoms with Gasteiger partial charge in [0.2, 0.25) is 0 Å². The van der Waals surface area contributed by atoms with E-state index in [2.05, 4.69) is 0 Å². The van der Waals surface area contributed by atoms with Crippen LogP contribution in [0.4, 0.5) is 0 Å². The second-order valence-corrected chi connectivity index (χ2v) is 9.53. The number of carbonyl (C=O) groups excluding carboxylic acids is 2. The van der Waals surface area contributed by atoms with Gasteiger partial charge in [0.05, 0.1) is 46.7 Å². The quantitative estimate of drug-likeness (QED) is 0.390. The van der Waals surface area contributed by atoms with Crippen LogP contribution in [0.3, 0.4) is 0 Å². The molecule has 0 radical (unpaired) electrons. The van der Waals surface area contributed by atoms with E-state index in [-0.39, 0.29) is 6.42 Å². The number of rotatable bonds is 11. The van der Waals surface area contributed by atoms with Crippen molar-refractivity contribution in [2.75, 3.05) is 28.4 Å². The first-order valence-electron chi connectivity index (χ1n) is 11.8. The van der Waals surface area contributed by atoms with E-state index in [4.69, 9.17) is 28.4 Å². The number of hydrogen-bond donors (Lipinski definition) is 0. The molecule has 0 saturated carbocycles. The number of benzene rings is 2. The Kier molecular flexibility index (Phi) is 10.0. The zero-order chi connectivity index (χ0) is 27.0. The van der Waals surface area contributed by atoms with Crippen LogP contribution in [0.5, 0.6) is 23.0 Å². The number of carbonyl (C=O) groups is 2. The van der Waals surface area contributed by atoms with Gasteiger partial charge in [0.15, 0.2) is 0 Å². The van der Waals surface area contributed by atoms with Crippen molar-refractivity contribution in [3.63, 3.8) is 0 Å². The molecule has 0 amide bonds. The molecule has 0 bridgehead atoms. The number of methoxy groups -OCH3 is 4. The lowest BCUT2D eigenvalue weighted by Crippen LogP contribution is -2.30. The lowest BCUT2D eigenvalue weighted by molar-refractivity contribution is -0.163. The molecular weight excluding hydrogens is 464 g/mol. The van der Waals surface area contributed by atoms with Gasteiger partial charge in [-0.05, 0) is 64.1 Å². The maximum atomic E-state index is 13.0. The summed E-state index contributed by atoms with van der Waals surface area (Å²) in [6.45, 7) is 8.78. The van der Waals surface area contributed by atoms with E-state index in [1.807, 2.05) is 12.1 Å². The lowest BCUT2D eigenvalue weighted by atomic mass is 9.85. The fraction of sp³-hybridized carbons (Fsp3) is 0.500. The molecule has 0 fully saturated rings. The predicted molar refractivity (Wildman–Crippen MR) is 136 cm³/mol. The zero-order valence-corrected chi connectivity index (χ0v) is 22.7. The molecule has 36 heavy (non-hydrogen) atoms. The molecular formula is C28H38O8. The minimum atomic E-state index is -0.692. The monoisotopic (exact) mass is 502 g/mol. The summed E-state index contributed by atoms with van der Waals surface area (Å²) < 4.78 is 33.5. The van der Waals surface area contributed by atoms with Crippen LogP contribution in [0.15, 0.2) is 36.4 Å². The van der Waals surface area contributed by atoms with Crippen LogP contribution < -0.4 is 18.9 Å². The molecule has 0 aliphatic rings. The summed E-state index contributed by atoms with van der Waals surface area (Å²) in [4.78, 5) is 25.3. The van der Waals surface area contributed by atoms with Crippen LogP contribution in [-0.4, -0.2) is 52.1 Å². The van der Waals surface area contributed by atoms with Gasteiger partial charge in [-0.25, -0.2) is 0 Å². The third kappa shape index (κ3) is 7.54. The third-order valence-corrected chi connectivity index (χ3v) is 5.61. The van der Waals surface area contributed by atoms with Crippen molar-refractivity contribution >= 4 is 11.9 Å². The molecule has 8 nitrogen and oxygen atoms in total. The molecule has 0 saturated heterocycles. The topological polar surface area (TPSA) is 89.5 Å². The van der Waals surface area contributed by atoms with Gasteiger partial charge in [0.1, 0.15) is 34.7 Å². The summed E-state index contributed by atoms with van der Waals surface area (Å²) in [6, 6.07) is 10.9. The van der Waals surface area contributed by atoms with Gasteiger partial charge in [-0.1, -0.05) is 6.92 Å². The zero-order valence-electron chi connectivity index (χ0n) is 22.7. The van der Waals surface area contributed by atoms with Crippen LogP contribution in [0.2, 0.25) is 0 Å². The number of esters is 2. The van der Waals surface area contributed by atoms with Crippen LogP contribution in [-0.2, 0) is 19.1 Å². The highest BCUT2D eigenvalue weighted by Crippen LogP contribution is 2.42. The molecule has 8 heteroatoms. The molecule has 2 aromatic rings. The summed E-state index contributed by atoms with van der Waals surface area (Å²) in [5.41, 5.74) is 0.845. The second-order valence-electron chi connectivity index (χ2n) is 9.53. The van der Waals surface area contributed by atoms with E-state index in [1.54, 1.807) is 87.3 Å². The highest BCUT2D eigenvalue weighted by atomic mass is 16.6. The van der Waals surface area contributed by atoms with Crippen LogP contribution >= 0.6 is 0 Å². The smallest absolute Gasteiger partial charge is 0.309 e. The number of ether oxygens (including phenoxy) is 6. The van der Waals surface area contributed by atoms with E-state index in [9.17, 15) is 9.59 Å². The highest BCUT2D eigenvalue weighted by molar-refractivity contribution is 5.80. The van der Waals surface area contributed by atoms with E-state index in [1.165, 1.54) is 0 Å². The Balaban J connectivity index is 2.48. The van der Waals surface area contributed by atoms with E-state index < -0.39 is 35.5 Å². The Hall–Kier alpha value is -3.42. The average Bonchev–Trinajstić information content (AvgIpc) is 2.82. The van der Waals surface area contributed by atoms with Gasteiger partial charge in [-0.3, -0.25) is 9.59 Å². The van der Waals surface area contributed by atoms with E-state index in [0.29, 0.717) is 23.0 Å². The molecule has 0 aliphatic carbocycles. The molecule has 0 heterocycles. The van der Waals surface area contributed by atoms with Crippen molar-refractivity contribution in [2.24, 2.45) is 5.92 Å². The van der Waals surface area contributed by atoms with Crippen molar-refractivity contribution in [2.45, 2.75) is 58.7 Å². The fourth-order valence-electron chi connectivity index (χ4n) is 3.92. The molecule has 0 spiro atoms. The Bertz CT molecular complexity index is 985. The first-order chi connectivity index (χ1) is 16.9. The van der Waals surface area contributed by atoms with Crippen molar-refractivity contribution in [3.8, 4) is 23.0 Å². The van der Waals surface area contributed by atoms with Gasteiger partial charge in [-0.15, -0.1) is 0 Å². The molecule has 2 aromatic carbocycles. The third-order valence-electron chi connectivity index (χ3n) is 5.61. The standard InChI is InChI=1S/C28H38O8/c1-17(14-25(29)36-28(3,4)5)27(30)35-18(2)26(21-15-19(31-6)10-12-23(21)33-8)22-16-20(32-7)11-13-24(22)34-9/h10-13,15-18,26H,14H2,1-9H3/t17-,18+/m1/s1. The highest BCUT2D eigenvalue weighted by Gasteiger charge is 2.33. The molecule has 0 aliphatic heterocycles. The minimum absolute atomic E-state index is 0.0849. The Morgan fingerprint density at radius 1 is 0.778 bits per heavy atom. The first-order valence-corrected chi connectivity index (χ1v) is 11.8. The molecule has 0 N–H and O–H groups in total. The molecule has 198 valence electrons. The van der Waals surface area contributed by atoms with Crippen LogP contribution in [0, 0.1) is 5.92 Å². The largest absolute Gasteiger partial charge is 0.497 e. The molecule has 2 rings (SSSR count). The summed E-state index contributed by atoms with van der Waals surface area (Å²) in [6.07, 6.45) is -0.751. The van der Waals surface area contributed by atoms with Gasteiger partial charge >= 0.3 is 11.9 Å². The average molecular weight is 503 g/mol. The summed E-state index contributed by atoms with van der Waals surface area (Å²) in [5, 5.41) is 0. The Morgan fingerprint density at radius 2 is 1.25 bits per heavy atom. The van der Waals surface area contributed by atoms with E-state index in [0.717, 1.165) is 11.1 Å². The van der Waals surface area contributed by atoms with Gasteiger partial charge in [0.25, 0.3) is 0 Å². The van der Waals surface area contributed by atoms with Crippen LogP contribution in [0.1, 0.15) is 58.1 Å². The summed E-state index contributed by atoms with van der Waals surface area (Å²) in [5.74, 6) is 0.261. The maximum absolute atomic E-state index is 13.0. The Morgan fingerprint density at radius 3 is 1.64 bits per heavy atom. The second kappa shape index (κ2) is 12.5. The fourth-order valence-corrected chi connectivity index (χ4v) is 3.92. The first kappa shape index (κ1) is 28.8. The minimum Gasteiger partial charge on any atom is -0.497 e. The molecule has 0 aromatic heterocycles.